The molecule has 82 valence electrons. The summed E-state index contributed by atoms with van der Waals surface area (Å²) in [5, 5.41) is 8.26. The fourth-order valence-electron chi connectivity index (χ4n) is 1.59. The smallest absolute Gasteiger partial charge is 0.307 e. The molecule has 1 aromatic rings. The monoisotopic (exact) mass is 216 g/mol. The van der Waals surface area contributed by atoms with Gasteiger partial charge in [-0.2, -0.15) is 10.2 Å². The van der Waals surface area contributed by atoms with Crippen LogP contribution < -0.4 is 0 Å². The Morgan fingerprint density at radius 1 is 1.44 bits per heavy atom. The molecule has 1 atom stereocenters. The molecule has 0 unspecified atom stereocenters. The van der Waals surface area contributed by atoms with E-state index in [2.05, 4.69) is 10.2 Å². The molecule has 0 radical (unpaired) electrons. The van der Waals surface area contributed by atoms with Crippen molar-refractivity contribution in [3.05, 3.63) is 42.2 Å². The van der Waals surface area contributed by atoms with Gasteiger partial charge in [0.15, 0.2) is 0 Å². The van der Waals surface area contributed by atoms with Gasteiger partial charge in [-0.3, -0.25) is 4.79 Å². The number of rotatable bonds is 2. The van der Waals surface area contributed by atoms with E-state index in [4.69, 9.17) is 4.74 Å². The van der Waals surface area contributed by atoms with Crippen molar-refractivity contribution in [3.63, 3.8) is 0 Å². The van der Waals surface area contributed by atoms with Gasteiger partial charge in [0.05, 0.1) is 11.9 Å². The van der Waals surface area contributed by atoms with Gasteiger partial charge in [-0.05, 0) is 19.1 Å². The van der Waals surface area contributed by atoms with E-state index < -0.39 is 5.54 Å². The summed E-state index contributed by atoms with van der Waals surface area (Å²) in [5.41, 5.74) is 1.34. The molecule has 4 nitrogen and oxygen atoms in total. The molecule has 0 bridgehead atoms. The average Bonchev–Trinajstić information content (AvgIpc) is 2.57. The second-order valence-electron chi connectivity index (χ2n) is 3.78. The van der Waals surface area contributed by atoms with E-state index in [1.165, 1.54) is 13.2 Å². The molecule has 0 aliphatic carbocycles. The van der Waals surface area contributed by atoms with Gasteiger partial charge in [0.25, 0.3) is 0 Å². The maximum atomic E-state index is 10.6. The summed E-state index contributed by atoms with van der Waals surface area (Å²) in [6, 6.07) is 7.73. The van der Waals surface area contributed by atoms with Crippen molar-refractivity contribution in [2.75, 3.05) is 0 Å². The summed E-state index contributed by atoms with van der Waals surface area (Å²) in [5.74, 6) is -0.344. The Kier molecular flexibility index (Phi) is 2.56. The van der Waals surface area contributed by atoms with E-state index in [-0.39, 0.29) is 5.97 Å². The van der Waals surface area contributed by atoms with Gasteiger partial charge in [-0.1, -0.05) is 18.2 Å². The minimum atomic E-state index is -0.536. The Bertz CT molecular complexity index is 480. The molecule has 0 aromatic heterocycles. The Labute approximate surface area is 93.6 Å². The molecule has 0 spiro atoms. The number of esters is 1. The number of fused-ring (bicyclic) bond motifs is 1. The van der Waals surface area contributed by atoms with Crippen LogP contribution in [0.4, 0.5) is 5.69 Å². The van der Waals surface area contributed by atoms with Crippen molar-refractivity contribution in [1.82, 2.24) is 0 Å². The highest BCUT2D eigenvalue weighted by Crippen LogP contribution is 2.40. The number of azo groups is 1. The fraction of sp³-hybridized carbons (Fsp3) is 0.250. The van der Waals surface area contributed by atoms with E-state index in [0.29, 0.717) is 0 Å². The zero-order chi connectivity index (χ0) is 11.6. The normalized spacial score (nSPS) is 22.4. The molecule has 0 fully saturated rings. The first kappa shape index (κ1) is 10.5. The van der Waals surface area contributed by atoms with Crippen LogP contribution in [0.15, 0.2) is 46.8 Å². The second-order valence-corrected chi connectivity index (χ2v) is 3.78. The van der Waals surface area contributed by atoms with Gasteiger partial charge >= 0.3 is 5.97 Å². The van der Waals surface area contributed by atoms with Crippen molar-refractivity contribution in [2.45, 2.75) is 19.4 Å². The van der Waals surface area contributed by atoms with Crippen LogP contribution in [-0.2, 0) is 15.1 Å². The van der Waals surface area contributed by atoms with Crippen LogP contribution in [0.5, 0.6) is 0 Å². The van der Waals surface area contributed by atoms with Crippen molar-refractivity contribution in [3.8, 4) is 0 Å². The lowest BCUT2D eigenvalue weighted by molar-refractivity contribution is -0.135. The third-order valence-corrected chi connectivity index (χ3v) is 2.44. The van der Waals surface area contributed by atoms with Crippen molar-refractivity contribution >= 4 is 11.7 Å². The minimum absolute atomic E-state index is 0.344. The van der Waals surface area contributed by atoms with E-state index in [9.17, 15) is 4.79 Å². The molecule has 1 heterocycles. The molecule has 0 amide bonds. The SMILES string of the molecule is CC(=O)O/C=C/[C@]1(C)N=Nc2ccccc21. The van der Waals surface area contributed by atoms with Crippen molar-refractivity contribution in [2.24, 2.45) is 10.2 Å². The maximum Gasteiger partial charge on any atom is 0.307 e. The summed E-state index contributed by atoms with van der Waals surface area (Å²) in [6.45, 7) is 3.28. The molecular formula is C12H12N2O2. The standard InChI is InChI=1S/C12H12N2O2/c1-9(15)16-8-7-12(2)10-5-3-4-6-11(10)13-14-12/h3-8H,1-2H3/b8-7+/t12-/m0/s1. The van der Waals surface area contributed by atoms with Gasteiger partial charge in [-0.25, -0.2) is 0 Å². The number of hydrogen-bond acceptors (Lipinski definition) is 4. The molecule has 1 aliphatic heterocycles. The first-order valence-corrected chi connectivity index (χ1v) is 4.99. The van der Waals surface area contributed by atoms with E-state index in [1.54, 1.807) is 6.08 Å². The Morgan fingerprint density at radius 2 is 2.19 bits per heavy atom. The van der Waals surface area contributed by atoms with Crippen LogP contribution in [0.3, 0.4) is 0 Å². The minimum Gasteiger partial charge on any atom is -0.435 e. The van der Waals surface area contributed by atoms with E-state index in [0.717, 1.165) is 11.3 Å². The lowest BCUT2D eigenvalue weighted by atomic mass is 9.93. The van der Waals surface area contributed by atoms with E-state index in [1.807, 2.05) is 31.2 Å². The van der Waals surface area contributed by atoms with Crippen LogP contribution >= 0.6 is 0 Å². The summed E-state index contributed by atoms with van der Waals surface area (Å²) < 4.78 is 4.76. The van der Waals surface area contributed by atoms with Gasteiger partial charge in [-0.15, -0.1) is 0 Å². The van der Waals surface area contributed by atoms with Crippen LogP contribution in [0, 0.1) is 0 Å². The first-order chi connectivity index (χ1) is 7.62. The zero-order valence-corrected chi connectivity index (χ0v) is 9.18. The van der Waals surface area contributed by atoms with Crippen LogP contribution in [0.1, 0.15) is 19.4 Å². The number of hydrogen-bond donors (Lipinski definition) is 0. The van der Waals surface area contributed by atoms with Crippen LogP contribution in [-0.4, -0.2) is 5.97 Å². The van der Waals surface area contributed by atoms with Gasteiger partial charge < -0.3 is 4.74 Å². The molecule has 1 aromatic carbocycles. The van der Waals surface area contributed by atoms with Gasteiger partial charge in [0.2, 0.25) is 0 Å². The Balaban J connectivity index is 2.25. The largest absolute Gasteiger partial charge is 0.435 e. The topological polar surface area (TPSA) is 51.0 Å². The first-order valence-electron chi connectivity index (χ1n) is 4.99. The quantitative estimate of drug-likeness (QED) is 0.563. The van der Waals surface area contributed by atoms with Crippen molar-refractivity contribution in [1.29, 1.82) is 0 Å². The Hall–Kier alpha value is -1.97. The van der Waals surface area contributed by atoms with Gasteiger partial charge in [0.1, 0.15) is 5.54 Å². The summed E-state index contributed by atoms with van der Waals surface area (Å²) in [6.07, 6.45) is 3.09. The number of carbonyl (C=O) groups excluding carboxylic acids is 1. The molecule has 0 saturated carbocycles. The molecule has 2 rings (SSSR count). The predicted molar refractivity (Wildman–Crippen MR) is 59.2 cm³/mol. The third-order valence-electron chi connectivity index (χ3n) is 2.44. The molecule has 1 aliphatic rings. The van der Waals surface area contributed by atoms with Crippen LogP contribution in [0.2, 0.25) is 0 Å². The number of carbonyl (C=O) groups is 1. The molecule has 0 saturated heterocycles. The predicted octanol–water partition coefficient (Wildman–Crippen LogP) is 3.08. The lowest BCUT2D eigenvalue weighted by Gasteiger charge is -2.14. The fourth-order valence-corrected chi connectivity index (χ4v) is 1.59. The summed E-state index contributed by atoms with van der Waals surface area (Å²) in [7, 11) is 0. The lowest BCUT2D eigenvalue weighted by Crippen LogP contribution is -2.12. The molecular weight excluding hydrogens is 204 g/mol. The average molecular weight is 216 g/mol. The van der Waals surface area contributed by atoms with Crippen LogP contribution in [0.25, 0.3) is 0 Å². The third kappa shape index (κ3) is 1.86. The maximum absolute atomic E-state index is 10.6. The second kappa shape index (κ2) is 3.89. The zero-order valence-electron chi connectivity index (χ0n) is 9.18. The van der Waals surface area contributed by atoms with Gasteiger partial charge in [0, 0.05) is 12.5 Å². The highest BCUT2D eigenvalue weighted by molar-refractivity contribution is 5.66. The number of ether oxygens (including phenoxy) is 1. The number of nitrogens with zero attached hydrogens (tertiary/aromatic N) is 2. The van der Waals surface area contributed by atoms with E-state index >= 15 is 0 Å². The number of benzene rings is 1. The molecule has 16 heavy (non-hydrogen) atoms. The molecule has 4 heteroatoms. The van der Waals surface area contributed by atoms with Crippen molar-refractivity contribution < 1.29 is 9.53 Å². The highest BCUT2D eigenvalue weighted by Gasteiger charge is 2.30. The summed E-state index contributed by atoms with van der Waals surface area (Å²) >= 11 is 0. The highest BCUT2D eigenvalue weighted by atomic mass is 16.5. The Morgan fingerprint density at radius 3 is 2.94 bits per heavy atom. The molecule has 0 N–H and O–H groups in total. The summed E-state index contributed by atoms with van der Waals surface area (Å²) in [4.78, 5) is 10.6.